The standard InChI is InChI=1S/C13H18N2O4S/c1-2-10-4-3-7-15(10)20(18,19)12-6-5-9(14)8-11(12)13(16)17/h5-6,8,10H,2-4,7,14H2,1H3,(H,16,17). The first-order chi connectivity index (χ1) is 9.37. The van der Waals surface area contributed by atoms with Gasteiger partial charge in [0.25, 0.3) is 0 Å². The van der Waals surface area contributed by atoms with Crippen LogP contribution in [0.25, 0.3) is 0 Å². The molecule has 0 radical (unpaired) electrons. The monoisotopic (exact) mass is 298 g/mol. The van der Waals surface area contributed by atoms with E-state index in [1.54, 1.807) is 0 Å². The molecule has 0 aromatic heterocycles. The summed E-state index contributed by atoms with van der Waals surface area (Å²) in [5, 5.41) is 9.18. The minimum Gasteiger partial charge on any atom is -0.478 e. The fraction of sp³-hybridized carbons (Fsp3) is 0.462. The highest BCUT2D eigenvalue weighted by atomic mass is 32.2. The molecule has 1 aromatic rings. The predicted molar refractivity (Wildman–Crippen MR) is 75.0 cm³/mol. The number of hydrogen-bond acceptors (Lipinski definition) is 4. The van der Waals surface area contributed by atoms with Crippen LogP contribution in [0.5, 0.6) is 0 Å². The molecule has 1 aromatic carbocycles. The van der Waals surface area contributed by atoms with E-state index >= 15 is 0 Å². The van der Waals surface area contributed by atoms with Crippen molar-refractivity contribution in [2.45, 2.75) is 37.1 Å². The number of sulfonamides is 1. The number of nitrogen functional groups attached to an aromatic ring is 1. The highest BCUT2D eigenvalue weighted by Gasteiger charge is 2.36. The van der Waals surface area contributed by atoms with Gasteiger partial charge in [0.15, 0.2) is 0 Å². The summed E-state index contributed by atoms with van der Waals surface area (Å²) in [4.78, 5) is 11.1. The van der Waals surface area contributed by atoms with Gasteiger partial charge in [-0.3, -0.25) is 0 Å². The van der Waals surface area contributed by atoms with Crippen LogP contribution in [-0.2, 0) is 10.0 Å². The molecule has 1 aliphatic heterocycles. The third-order valence-electron chi connectivity index (χ3n) is 3.62. The van der Waals surface area contributed by atoms with E-state index in [0.29, 0.717) is 6.54 Å². The molecule has 1 aliphatic rings. The van der Waals surface area contributed by atoms with Gasteiger partial charge >= 0.3 is 5.97 Å². The van der Waals surface area contributed by atoms with Crippen molar-refractivity contribution in [2.24, 2.45) is 0 Å². The van der Waals surface area contributed by atoms with E-state index < -0.39 is 16.0 Å². The molecular formula is C13H18N2O4S. The Hall–Kier alpha value is -1.60. The van der Waals surface area contributed by atoms with Gasteiger partial charge in [-0.15, -0.1) is 0 Å². The zero-order valence-electron chi connectivity index (χ0n) is 11.2. The zero-order valence-corrected chi connectivity index (χ0v) is 12.1. The van der Waals surface area contributed by atoms with Gasteiger partial charge in [0, 0.05) is 18.3 Å². The molecule has 110 valence electrons. The summed E-state index contributed by atoms with van der Waals surface area (Å²) in [7, 11) is -3.80. The lowest BCUT2D eigenvalue weighted by Gasteiger charge is -2.23. The van der Waals surface area contributed by atoms with E-state index in [2.05, 4.69) is 0 Å². The number of hydrogen-bond donors (Lipinski definition) is 2. The highest BCUT2D eigenvalue weighted by molar-refractivity contribution is 7.89. The third-order valence-corrected chi connectivity index (χ3v) is 5.63. The summed E-state index contributed by atoms with van der Waals surface area (Å²) >= 11 is 0. The third kappa shape index (κ3) is 2.51. The smallest absolute Gasteiger partial charge is 0.337 e. The number of nitrogens with two attached hydrogens (primary N) is 1. The van der Waals surface area contributed by atoms with E-state index in [1.165, 1.54) is 22.5 Å². The van der Waals surface area contributed by atoms with Crippen LogP contribution in [-0.4, -0.2) is 36.4 Å². The van der Waals surface area contributed by atoms with Crippen LogP contribution in [0.4, 0.5) is 5.69 Å². The fourth-order valence-electron chi connectivity index (χ4n) is 2.60. The minimum atomic E-state index is -3.80. The Bertz CT molecular complexity index is 627. The molecule has 1 heterocycles. The molecule has 7 heteroatoms. The van der Waals surface area contributed by atoms with Gasteiger partial charge in [-0.2, -0.15) is 4.31 Å². The molecule has 1 saturated heterocycles. The van der Waals surface area contributed by atoms with Crippen LogP contribution in [0.15, 0.2) is 23.1 Å². The molecule has 20 heavy (non-hydrogen) atoms. The van der Waals surface area contributed by atoms with Gasteiger partial charge in [-0.25, -0.2) is 13.2 Å². The maximum absolute atomic E-state index is 12.7. The minimum absolute atomic E-state index is 0.0563. The molecule has 0 saturated carbocycles. The number of aromatic carboxylic acids is 1. The fourth-order valence-corrected chi connectivity index (χ4v) is 4.53. The molecule has 0 bridgehead atoms. The Morgan fingerprint density at radius 2 is 2.20 bits per heavy atom. The molecule has 0 aliphatic carbocycles. The van der Waals surface area contributed by atoms with Crippen LogP contribution < -0.4 is 5.73 Å². The summed E-state index contributed by atoms with van der Waals surface area (Å²) in [6.45, 7) is 2.36. The molecule has 0 amide bonds. The molecule has 2 rings (SSSR count). The summed E-state index contributed by atoms with van der Waals surface area (Å²) in [5.41, 5.74) is 5.50. The van der Waals surface area contributed by atoms with E-state index in [9.17, 15) is 18.3 Å². The molecule has 6 nitrogen and oxygen atoms in total. The number of carbonyl (C=O) groups is 1. The summed E-state index contributed by atoms with van der Waals surface area (Å²) in [5.74, 6) is -1.29. The predicted octanol–water partition coefficient (Wildman–Crippen LogP) is 1.53. The van der Waals surface area contributed by atoms with E-state index in [0.717, 1.165) is 19.3 Å². The van der Waals surface area contributed by atoms with Crippen molar-refractivity contribution >= 4 is 21.7 Å². The van der Waals surface area contributed by atoms with Crippen LogP contribution >= 0.6 is 0 Å². The summed E-state index contributed by atoms with van der Waals surface area (Å²) < 4.78 is 26.7. The van der Waals surface area contributed by atoms with Crippen molar-refractivity contribution in [3.8, 4) is 0 Å². The highest BCUT2D eigenvalue weighted by Crippen LogP contribution is 2.30. The molecule has 1 unspecified atom stereocenters. The van der Waals surface area contributed by atoms with Crippen LogP contribution in [0.1, 0.15) is 36.5 Å². The number of benzene rings is 1. The number of anilines is 1. The lowest BCUT2D eigenvalue weighted by Crippen LogP contribution is -2.35. The Morgan fingerprint density at radius 1 is 1.50 bits per heavy atom. The van der Waals surface area contributed by atoms with Gasteiger partial charge in [0.2, 0.25) is 10.0 Å². The van der Waals surface area contributed by atoms with Crippen molar-refractivity contribution in [2.75, 3.05) is 12.3 Å². The Balaban J connectivity index is 2.52. The van der Waals surface area contributed by atoms with Gasteiger partial charge in [-0.1, -0.05) is 6.92 Å². The second-order valence-electron chi connectivity index (χ2n) is 4.88. The first-order valence-corrected chi connectivity index (χ1v) is 7.96. The number of rotatable bonds is 4. The van der Waals surface area contributed by atoms with Crippen molar-refractivity contribution in [1.29, 1.82) is 0 Å². The Kier molecular flexibility index (Phi) is 4.01. The zero-order chi connectivity index (χ0) is 14.9. The molecule has 1 atom stereocenters. The van der Waals surface area contributed by atoms with Crippen LogP contribution in [0.2, 0.25) is 0 Å². The Labute approximate surface area is 118 Å². The first kappa shape index (κ1) is 14.8. The molecule has 1 fully saturated rings. The van der Waals surface area contributed by atoms with Gasteiger partial charge in [0.05, 0.1) is 10.5 Å². The van der Waals surface area contributed by atoms with Crippen molar-refractivity contribution in [3.05, 3.63) is 23.8 Å². The number of carboxylic acids is 1. The average molecular weight is 298 g/mol. The van der Waals surface area contributed by atoms with Gasteiger partial charge in [-0.05, 0) is 37.5 Å². The summed E-state index contributed by atoms with van der Waals surface area (Å²) in [6.07, 6.45) is 2.33. The normalized spacial score (nSPS) is 20.1. The van der Waals surface area contributed by atoms with Gasteiger partial charge < -0.3 is 10.8 Å². The molecule has 3 N–H and O–H groups in total. The maximum Gasteiger partial charge on any atom is 0.337 e. The van der Waals surface area contributed by atoms with Crippen molar-refractivity contribution < 1.29 is 18.3 Å². The molecule has 0 spiro atoms. The molecular weight excluding hydrogens is 280 g/mol. The summed E-state index contributed by atoms with van der Waals surface area (Å²) in [6, 6.07) is 3.82. The Morgan fingerprint density at radius 3 is 2.80 bits per heavy atom. The largest absolute Gasteiger partial charge is 0.478 e. The topological polar surface area (TPSA) is 101 Å². The van der Waals surface area contributed by atoms with E-state index in [-0.39, 0.29) is 22.2 Å². The SMILES string of the molecule is CCC1CCCN1S(=O)(=O)c1ccc(N)cc1C(=O)O. The lowest BCUT2D eigenvalue weighted by molar-refractivity contribution is 0.0692. The van der Waals surface area contributed by atoms with E-state index in [1.807, 2.05) is 6.92 Å². The second-order valence-corrected chi connectivity index (χ2v) is 6.74. The quantitative estimate of drug-likeness (QED) is 0.821. The van der Waals surface area contributed by atoms with Gasteiger partial charge in [0.1, 0.15) is 0 Å². The second kappa shape index (κ2) is 5.41. The van der Waals surface area contributed by atoms with Crippen molar-refractivity contribution in [1.82, 2.24) is 4.31 Å². The van der Waals surface area contributed by atoms with E-state index in [4.69, 9.17) is 5.73 Å². The van der Waals surface area contributed by atoms with Crippen LogP contribution in [0.3, 0.4) is 0 Å². The van der Waals surface area contributed by atoms with Crippen LogP contribution in [0, 0.1) is 0 Å². The van der Waals surface area contributed by atoms with Crippen molar-refractivity contribution in [3.63, 3.8) is 0 Å². The first-order valence-electron chi connectivity index (χ1n) is 6.52. The lowest BCUT2D eigenvalue weighted by atomic mass is 10.2. The number of carboxylic acid groups (broad SMARTS) is 1. The average Bonchev–Trinajstić information content (AvgIpc) is 2.87. The maximum atomic E-state index is 12.7. The number of nitrogens with zero attached hydrogens (tertiary/aromatic N) is 1.